The van der Waals surface area contributed by atoms with E-state index in [1.54, 1.807) is 42.5 Å². The summed E-state index contributed by atoms with van der Waals surface area (Å²) in [5.74, 6) is 1.01. The first-order chi connectivity index (χ1) is 22.6. The van der Waals surface area contributed by atoms with Gasteiger partial charge in [0.2, 0.25) is 5.08 Å². The predicted octanol–water partition coefficient (Wildman–Crippen LogP) is 1.17. The zero-order valence-corrected chi connectivity index (χ0v) is 31.6. The van der Waals surface area contributed by atoms with Crippen LogP contribution in [0.5, 0.6) is 17.2 Å². The summed E-state index contributed by atoms with van der Waals surface area (Å²) in [5, 5.41) is 26.2. The second-order valence-electron chi connectivity index (χ2n) is 11.4. The average Bonchev–Trinajstić information content (AvgIpc) is 3.42. The van der Waals surface area contributed by atoms with Crippen LogP contribution in [0.3, 0.4) is 0 Å². The average molecular weight is 745 g/mol. The molecule has 3 aromatic carbocycles. The number of benzene rings is 3. The van der Waals surface area contributed by atoms with Crippen molar-refractivity contribution in [2.75, 3.05) is 32.8 Å². The number of hydrogen-bond acceptors (Lipinski definition) is 11. The topological polar surface area (TPSA) is 234 Å². The van der Waals surface area contributed by atoms with Gasteiger partial charge in [0.25, 0.3) is 0 Å². The third-order valence-electron chi connectivity index (χ3n) is 7.91. The molecule has 1 aromatic heterocycles. The first kappa shape index (κ1) is 41.3. The quantitative estimate of drug-likeness (QED) is 0.0614. The van der Waals surface area contributed by atoms with Crippen molar-refractivity contribution in [3.05, 3.63) is 77.9 Å². The van der Waals surface area contributed by atoms with Gasteiger partial charge in [0.15, 0.2) is 13.4 Å². The number of thiophene rings is 1. The van der Waals surface area contributed by atoms with E-state index in [1.807, 2.05) is 24.3 Å². The molecule has 260 valence electrons. The van der Waals surface area contributed by atoms with Crippen LogP contribution in [0.1, 0.15) is 48.0 Å². The Kier molecular flexibility index (Phi) is 15.1. The molecule has 1 saturated heterocycles. The van der Waals surface area contributed by atoms with E-state index in [0.29, 0.717) is 17.7 Å². The molecule has 0 aliphatic carbocycles. The van der Waals surface area contributed by atoms with Gasteiger partial charge in [0, 0.05) is 32.6 Å². The molecule has 2 unspecified atom stereocenters. The molecular weight excluding hydrogens is 705 g/mol. The zero-order valence-electron chi connectivity index (χ0n) is 27.0. The summed E-state index contributed by atoms with van der Waals surface area (Å²) in [4.78, 5) is 53.2. The minimum atomic E-state index is -5.55. The minimum absolute atomic E-state index is 0. The van der Waals surface area contributed by atoms with Crippen molar-refractivity contribution >= 4 is 42.4 Å². The maximum Gasteiger partial charge on any atom is 1.00 e. The summed E-state index contributed by atoms with van der Waals surface area (Å²) in [6.45, 7) is 3.78. The van der Waals surface area contributed by atoms with Gasteiger partial charge in [-0.05, 0) is 118 Å². The molecule has 1 aliphatic heterocycles. The number of phenols is 2. The van der Waals surface area contributed by atoms with E-state index >= 15 is 0 Å². The first-order valence-corrected chi connectivity index (χ1v) is 19.2. The SMILES string of the molecule is NCCCC(O)(P(=O)([O-])O)P(=O)(O)O.O=C(c1ccc(OCCN2CCCCC2)cc1)c1c(-c2ccc(O)cc2)sc2cc(O)ccc12.[Na+]. The number of likely N-dealkylation sites (tertiary alicyclic amines) is 1. The van der Waals surface area contributed by atoms with Crippen LogP contribution in [-0.2, 0) is 9.13 Å². The van der Waals surface area contributed by atoms with Gasteiger partial charge in [-0.1, -0.05) is 6.42 Å². The van der Waals surface area contributed by atoms with E-state index in [2.05, 4.69) is 4.90 Å². The molecule has 1 fully saturated rings. The molecule has 13 nitrogen and oxygen atoms in total. The van der Waals surface area contributed by atoms with Crippen molar-refractivity contribution in [1.29, 1.82) is 0 Å². The van der Waals surface area contributed by atoms with Gasteiger partial charge < -0.3 is 49.9 Å². The largest absolute Gasteiger partial charge is 1.00 e. The molecule has 5 rings (SSSR count). The number of ketones is 1. The van der Waals surface area contributed by atoms with E-state index in [-0.39, 0.29) is 59.8 Å². The summed E-state index contributed by atoms with van der Waals surface area (Å²) in [5.41, 5.74) is 7.01. The predicted molar refractivity (Wildman–Crippen MR) is 181 cm³/mol. The second-order valence-corrected chi connectivity index (χ2v) is 16.4. The van der Waals surface area contributed by atoms with Crippen LogP contribution < -0.4 is 44.9 Å². The number of nitrogens with zero attached hydrogens (tertiary/aromatic N) is 1. The van der Waals surface area contributed by atoms with Crippen molar-refractivity contribution in [3.63, 3.8) is 0 Å². The normalized spacial score (nSPS) is 16.0. The Morgan fingerprint density at radius 1 is 0.939 bits per heavy atom. The number of carbonyl (C=O) groups excluding carboxylic acids is 1. The zero-order chi connectivity index (χ0) is 35.1. The van der Waals surface area contributed by atoms with Gasteiger partial charge in [-0.25, -0.2) is 0 Å². The van der Waals surface area contributed by atoms with Crippen molar-refractivity contribution in [2.24, 2.45) is 5.73 Å². The number of carbonyl (C=O) groups is 1. The number of aliphatic hydroxyl groups is 1. The van der Waals surface area contributed by atoms with Crippen LogP contribution in [0.4, 0.5) is 0 Å². The molecular formula is C32H39N2NaO11P2S. The molecule has 0 spiro atoms. The van der Waals surface area contributed by atoms with E-state index < -0.39 is 26.7 Å². The molecule has 2 atom stereocenters. The van der Waals surface area contributed by atoms with Gasteiger partial charge in [0.1, 0.15) is 23.9 Å². The summed E-state index contributed by atoms with van der Waals surface area (Å²) in [7, 11) is -10.9. The van der Waals surface area contributed by atoms with Crippen molar-refractivity contribution < 1.29 is 83.1 Å². The third kappa shape index (κ3) is 10.5. The molecule has 0 saturated carbocycles. The number of ether oxygens (including phenoxy) is 1. The Labute approximate surface area is 310 Å². The summed E-state index contributed by atoms with van der Waals surface area (Å²) in [6.07, 6.45) is 2.89. The van der Waals surface area contributed by atoms with E-state index in [0.717, 1.165) is 45.9 Å². The fraction of sp³-hybridized carbons (Fsp3) is 0.344. The fourth-order valence-electron chi connectivity index (χ4n) is 5.24. The summed E-state index contributed by atoms with van der Waals surface area (Å²) >= 11 is 1.46. The summed E-state index contributed by atoms with van der Waals surface area (Å²) in [6, 6.07) is 19.2. The van der Waals surface area contributed by atoms with Crippen LogP contribution in [0, 0.1) is 0 Å². The van der Waals surface area contributed by atoms with Crippen LogP contribution in [0.25, 0.3) is 20.5 Å². The molecule has 0 amide bonds. The number of rotatable bonds is 12. The Morgan fingerprint density at radius 3 is 2.12 bits per heavy atom. The van der Waals surface area contributed by atoms with E-state index in [4.69, 9.17) is 25.2 Å². The van der Waals surface area contributed by atoms with Gasteiger partial charge in [0.05, 0.1) is 0 Å². The number of aromatic hydroxyl groups is 2. The van der Waals surface area contributed by atoms with E-state index in [9.17, 15) is 34.1 Å². The molecule has 1 aliphatic rings. The Bertz CT molecular complexity index is 1770. The van der Waals surface area contributed by atoms with Crippen LogP contribution in [0.15, 0.2) is 66.7 Å². The smallest absolute Gasteiger partial charge is 0.776 e. The number of nitrogens with two attached hydrogens (primary N) is 1. The van der Waals surface area contributed by atoms with Gasteiger partial charge in [-0.3, -0.25) is 14.3 Å². The molecule has 8 N–H and O–H groups in total. The maximum atomic E-state index is 13.6. The molecule has 4 aromatic rings. The standard InChI is InChI=1S/C28H27NO4S.C4H13NO7P2.Na/c30-21-8-4-20(5-9-21)28-26(24-13-10-22(31)18-25(24)34-28)27(32)19-6-11-23(12-7-19)33-17-16-29-14-2-1-3-15-29;5-3-1-2-4(6,13(7,8)9)14(10,11)12;/h4-13,18,30-31H,1-3,14-17H2;6H,1-3,5H2,(H2,7,8,9)(H2,10,11,12);/q;;+1/p-1. The number of phenolic OH excluding ortho intramolecular Hbond substituents is 2. The van der Waals surface area contributed by atoms with Crippen molar-refractivity contribution in [2.45, 2.75) is 37.2 Å². The molecule has 49 heavy (non-hydrogen) atoms. The Hall–Kier alpha value is -2.13. The number of piperidine rings is 1. The summed E-state index contributed by atoms with van der Waals surface area (Å²) < 4.78 is 28.0. The van der Waals surface area contributed by atoms with Crippen LogP contribution in [0.2, 0.25) is 0 Å². The van der Waals surface area contributed by atoms with Gasteiger partial charge in [-0.15, -0.1) is 11.3 Å². The van der Waals surface area contributed by atoms with Gasteiger partial charge >= 0.3 is 37.2 Å². The molecule has 17 heteroatoms. The maximum absolute atomic E-state index is 13.6. The third-order valence-corrected chi connectivity index (χ3v) is 12.9. The first-order valence-electron chi connectivity index (χ1n) is 15.2. The van der Waals surface area contributed by atoms with Gasteiger partial charge in [-0.2, -0.15) is 0 Å². The molecule has 0 radical (unpaired) electrons. The Balaban J connectivity index is 0.000000370. The number of fused-ring (bicyclic) bond motifs is 1. The Morgan fingerprint density at radius 2 is 1.55 bits per heavy atom. The van der Waals surface area contributed by atoms with Crippen molar-refractivity contribution in [3.8, 4) is 27.7 Å². The van der Waals surface area contributed by atoms with E-state index in [1.165, 1.54) is 30.6 Å². The fourth-order valence-corrected chi connectivity index (χ4v) is 8.69. The minimum Gasteiger partial charge on any atom is -0.776 e. The second kappa shape index (κ2) is 17.9. The molecule has 0 bridgehead atoms. The van der Waals surface area contributed by atoms with Crippen molar-refractivity contribution in [1.82, 2.24) is 4.90 Å². The number of hydrogen-bond donors (Lipinski definition) is 7. The van der Waals surface area contributed by atoms with Crippen LogP contribution in [-0.4, -0.2) is 78.6 Å². The van der Waals surface area contributed by atoms with Crippen LogP contribution >= 0.6 is 26.5 Å². The monoisotopic (exact) mass is 744 g/mol. The molecule has 2 heterocycles.